The van der Waals surface area contributed by atoms with Crippen LogP contribution in [0.3, 0.4) is 0 Å². The first-order valence-electron chi connectivity index (χ1n) is 5.50. The monoisotopic (exact) mass is 219 g/mol. The normalized spacial score (nSPS) is 18.9. The molecule has 0 bridgehead atoms. The zero-order chi connectivity index (χ0) is 11.8. The van der Waals surface area contributed by atoms with E-state index in [0.29, 0.717) is 0 Å². The largest absolute Gasteiger partial charge is 0.332 e. The van der Waals surface area contributed by atoms with E-state index in [-0.39, 0.29) is 11.6 Å². The summed E-state index contributed by atoms with van der Waals surface area (Å²) in [5.41, 5.74) is -0.291. The number of anilines is 1. The molecule has 1 fully saturated rings. The van der Waals surface area contributed by atoms with Gasteiger partial charge in [-0.3, -0.25) is 4.79 Å². The van der Waals surface area contributed by atoms with Gasteiger partial charge in [-0.2, -0.15) is 0 Å². The number of pyridine rings is 1. The minimum Gasteiger partial charge on any atom is -0.332 e. The van der Waals surface area contributed by atoms with Gasteiger partial charge in [0.15, 0.2) is 0 Å². The van der Waals surface area contributed by atoms with Crippen molar-refractivity contribution >= 4 is 11.7 Å². The maximum Gasteiger partial charge on any atom is 0.221 e. The molecular weight excluding hydrogens is 202 g/mol. The van der Waals surface area contributed by atoms with Gasteiger partial charge < -0.3 is 9.80 Å². The highest BCUT2D eigenvalue weighted by atomic mass is 16.2. The molecule has 16 heavy (non-hydrogen) atoms. The van der Waals surface area contributed by atoms with Gasteiger partial charge in [-0.05, 0) is 26.0 Å². The van der Waals surface area contributed by atoms with E-state index in [1.165, 1.54) is 0 Å². The van der Waals surface area contributed by atoms with Crippen molar-refractivity contribution in [3.63, 3.8) is 0 Å². The van der Waals surface area contributed by atoms with Crippen molar-refractivity contribution in [1.82, 2.24) is 9.88 Å². The molecule has 1 aliphatic rings. The first-order valence-corrected chi connectivity index (χ1v) is 5.50. The van der Waals surface area contributed by atoms with Crippen molar-refractivity contribution in [2.24, 2.45) is 0 Å². The summed E-state index contributed by atoms with van der Waals surface area (Å²) >= 11 is 0. The van der Waals surface area contributed by atoms with Crippen LogP contribution in [0, 0.1) is 0 Å². The molecule has 0 aliphatic carbocycles. The van der Waals surface area contributed by atoms with Crippen LogP contribution >= 0.6 is 0 Å². The molecule has 2 heterocycles. The van der Waals surface area contributed by atoms with Crippen LogP contribution in [-0.2, 0) is 4.79 Å². The van der Waals surface area contributed by atoms with E-state index < -0.39 is 0 Å². The predicted octanol–water partition coefficient (Wildman–Crippen LogP) is 1.49. The van der Waals surface area contributed by atoms with Crippen LogP contribution in [0.25, 0.3) is 0 Å². The minimum atomic E-state index is -0.291. The van der Waals surface area contributed by atoms with Crippen LogP contribution in [-0.4, -0.2) is 34.5 Å². The zero-order valence-electron chi connectivity index (χ0n) is 9.97. The molecule has 0 saturated carbocycles. The molecule has 0 N–H and O–H groups in total. The SMILES string of the molecule is CC(=O)N1CCN(c2ccccn2)C1(C)C. The Bertz CT molecular complexity index is 389. The van der Waals surface area contributed by atoms with Gasteiger partial charge in [-0.25, -0.2) is 4.98 Å². The lowest BCUT2D eigenvalue weighted by Gasteiger charge is -2.38. The molecule has 0 aromatic carbocycles. The first-order chi connectivity index (χ1) is 7.53. The van der Waals surface area contributed by atoms with E-state index in [9.17, 15) is 4.79 Å². The van der Waals surface area contributed by atoms with E-state index in [1.807, 2.05) is 23.1 Å². The average Bonchev–Trinajstić information content (AvgIpc) is 2.55. The molecule has 1 aliphatic heterocycles. The molecule has 4 heteroatoms. The number of carbonyl (C=O) groups excluding carboxylic acids is 1. The Labute approximate surface area is 95.9 Å². The molecule has 0 spiro atoms. The van der Waals surface area contributed by atoms with Crippen LogP contribution in [0.15, 0.2) is 24.4 Å². The fraction of sp³-hybridized carbons (Fsp3) is 0.500. The number of amides is 1. The Morgan fingerprint density at radius 1 is 1.38 bits per heavy atom. The fourth-order valence-corrected chi connectivity index (χ4v) is 2.34. The van der Waals surface area contributed by atoms with Gasteiger partial charge in [-0.1, -0.05) is 6.07 Å². The number of carbonyl (C=O) groups is 1. The second kappa shape index (κ2) is 3.77. The van der Waals surface area contributed by atoms with Gasteiger partial charge in [0.05, 0.1) is 0 Å². The molecule has 1 amide bonds. The summed E-state index contributed by atoms with van der Waals surface area (Å²) in [5, 5.41) is 0. The highest BCUT2D eigenvalue weighted by Crippen LogP contribution is 2.30. The molecular formula is C12H17N3O. The number of hydrogen-bond acceptors (Lipinski definition) is 3. The quantitative estimate of drug-likeness (QED) is 0.718. The highest BCUT2D eigenvalue weighted by molar-refractivity contribution is 5.75. The Hall–Kier alpha value is -1.58. The number of hydrogen-bond donors (Lipinski definition) is 0. The maximum absolute atomic E-state index is 11.5. The second-order valence-electron chi connectivity index (χ2n) is 4.50. The summed E-state index contributed by atoms with van der Waals surface area (Å²) < 4.78 is 0. The first kappa shape index (κ1) is 10.9. The van der Waals surface area contributed by atoms with E-state index in [1.54, 1.807) is 13.1 Å². The van der Waals surface area contributed by atoms with Gasteiger partial charge in [-0.15, -0.1) is 0 Å². The molecule has 86 valence electrons. The van der Waals surface area contributed by atoms with Gasteiger partial charge in [0.2, 0.25) is 5.91 Å². The zero-order valence-corrected chi connectivity index (χ0v) is 9.97. The molecule has 1 saturated heterocycles. The molecule has 0 unspecified atom stereocenters. The summed E-state index contributed by atoms with van der Waals surface area (Å²) in [6, 6.07) is 5.84. The van der Waals surface area contributed by atoms with E-state index >= 15 is 0 Å². The van der Waals surface area contributed by atoms with Gasteiger partial charge in [0.25, 0.3) is 0 Å². The Kier molecular flexibility index (Phi) is 2.58. The molecule has 0 atom stereocenters. The van der Waals surface area contributed by atoms with E-state index in [0.717, 1.165) is 18.9 Å². The van der Waals surface area contributed by atoms with Crippen molar-refractivity contribution in [3.8, 4) is 0 Å². The topological polar surface area (TPSA) is 36.4 Å². The predicted molar refractivity (Wildman–Crippen MR) is 63.0 cm³/mol. The van der Waals surface area contributed by atoms with Gasteiger partial charge in [0.1, 0.15) is 11.5 Å². The van der Waals surface area contributed by atoms with E-state index in [2.05, 4.69) is 23.7 Å². The van der Waals surface area contributed by atoms with Crippen molar-refractivity contribution in [3.05, 3.63) is 24.4 Å². The molecule has 2 rings (SSSR count). The Balaban J connectivity index is 2.29. The lowest BCUT2D eigenvalue weighted by atomic mass is 10.2. The van der Waals surface area contributed by atoms with Crippen molar-refractivity contribution in [2.75, 3.05) is 18.0 Å². The van der Waals surface area contributed by atoms with E-state index in [4.69, 9.17) is 0 Å². The van der Waals surface area contributed by atoms with Gasteiger partial charge >= 0.3 is 0 Å². The molecule has 1 aromatic rings. The van der Waals surface area contributed by atoms with Crippen molar-refractivity contribution < 1.29 is 4.79 Å². The molecule has 0 radical (unpaired) electrons. The number of rotatable bonds is 1. The summed E-state index contributed by atoms with van der Waals surface area (Å²) in [4.78, 5) is 19.9. The number of aromatic nitrogens is 1. The Morgan fingerprint density at radius 3 is 2.62 bits per heavy atom. The van der Waals surface area contributed by atoms with Gasteiger partial charge in [0, 0.05) is 26.2 Å². The summed E-state index contributed by atoms with van der Waals surface area (Å²) in [6.07, 6.45) is 1.78. The van der Waals surface area contributed by atoms with Crippen LogP contribution in [0.5, 0.6) is 0 Å². The van der Waals surface area contributed by atoms with Crippen LogP contribution in [0.2, 0.25) is 0 Å². The third-order valence-corrected chi connectivity index (χ3v) is 3.17. The van der Waals surface area contributed by atoms with Crippen LogP contribution < -0.4 is 4.90 Å². The summed E-state index contributed by atoms with van der Waals surface area (Å²) in [7, 11) is 0. The van der Waals surface area contributed by atoms with Crippen LogP contribution in [0.4, 0.5) is 5.82 Å². The Morgan fingerprint density at radius 2 is 2.12 bits per heavy atom. The van der Waals surface area contributed by atoms with Crippen molar-refractivity contribution in [1.29, 1.82) is 0 Å². The lowest BCUT2D eigenvalue weighted by Crippen LogP contribution is -2.50. The lowest BCUT2D eigenvalue weighted by molar-refractivity contribution is -0.131. The maximum atomic E-state index is 11.5. The third-order valence-electron chi connectivity index (χ3n) is 3.17. The highest BCUT2D eigenvalue weighted by Gasteiger charge is 2.41. The number of nitrogens with zero attached hydrogens (tertiary/aromatic N) is 3. The standard InChI is InChI=1S/C12H17N3O/c1-10(16)14-8-9-15(12(14,2)3)11-6-4-5-7-13-11/h4-7H,8-9H2,1-3H3. The minimum absolute atomic E-state index is 0.114. The summed E-state index contributed by atoms with van der Waals surface area (Å²) in [5.74, 6) is 1.04. The smallest absolute Gasteiger partial charge is 0.221 e. The fourth-order valence-electron chi connectivity index (χ4n) is 2.34. The molecule has 1 aromatic heterocycles. The third kappa shape index (κ3) is 1.64. The summed E-state index contributed by atoms with van der Waals surface area (Å²) in [6.45, 7) is 7.32. The second-order valence-corrected chi connectivity index (χ2v) is 4.50. The molecule has 4 nitrogen and oxygen atoms in total. The van der Waals surface area contributed by atoms with Crippen LogP contribution in [0.1, 0.15) is 20.8 Å². The van der Waals surface area contributed by atoms with Crippen molar-refractivity contribution in [2.45, 2.75) is 26.4 Å². The average molecular weight is 219 g/mol.